The predicted molar refractivity (Wildman–Crippen MR) is 87.0 cm³/mol. The van der Waals surface area contributed by atoms with Crippen molar-refractivity contribution in [2.45, 2.75) is 32.6 Å². The van der Waals surface area contributed by atoms with E-state index in [1.54, 1.807) is 11.3 Å². The van der Waals surface area contributed by atoms with E-state index in [1.807, 2.05) is 36.6 Å². The molecule has 0 aliphatic rings. The molecule has 0 radical (unpaired) electrons. The molecule has 1 aromatic carbocycles. The molecule has 1 heterocycles. The number of aliphatic carboxylic acids is 1. The van der Waals surface area contributed by atoms with Gasteiger partial charge >= 0.3 is 5.97 Å². The molecule has 0 aliphatic carbocycles. The fraction of sp³-hybridized carbons (Fsp3) is 0.312. The number of hydrogen-bond acceptors (Lipinski definition) is 4. The van der Waals surface area contributed by atoms with Crippen LogP contribution in [0.1, 0.15) is 31.4 Å². The molecule has 0 saturated heterocycles. The average Bonchev–Trinajstić information content (AvgIpc) is 2.91. The zero-order chi connectivity index (χ0) is 15.9. The van der Waals surface area contributed by atoms with Crippen molar-refractivity contribution in [2.24, 2.45) is 0 Å². The fourth-order valence-electron chi connectivity index (χ4n) is 1.97. The van der Waals surface area contributed by atoms with Crippen LogP contribution in [0.15, 0.2) is 29.6 Å². The van der Waals surface area contributed by atoms with Gasteiger partial charge in [-0.2, -0.15) is 0 Å². The number of aryl methyl sites for hydroxylation is 1. The van der Waals surface area contributed by atoms with Crippen LogP contribution in [-0.4, -0.2) is 22.0 Å². The van der Waals surface area contributed by atoms with Crippen LogP contribution >= 0.6 is 11.3 Å². The Morgan fingerprint density at radius 3 is 2.45 bits per heavy atom. The fourth-order valence-corrected chi connectivity index (χ4v) is 2.77. The van der Waals surface area contributed by atoms with Gasteiger partial charge in [-0.25, -0.2) is 4.98 Å². The molecule has 0 unspecified atom stereocenters. The molecule has 116 valence electrons. The number of nitrogens with zero attached hydrogens (tertiary/aromatic N) is 1. The van der Waals surface area contributed by atoms with Gasteiger partial charge in [-0.15, -0.1) is 11.3 Å². The topological polar surface area (TPSA) is 79.3 Å². The Balaban J connectivity index is 1.83. The number of hydrogen-bond donors (Lipinski definition) is 2. The zero-order valence-electron chi connectivity index (χ0n) is 12.3. The number of thiazole rings is 1. The summed E-state index contributed by atoms with van der Waals surface area (Å²) in [6.07, 6.45) is 1.54. The lowest BCUT2D eigenvalue weighted by Gasteiger charge is -2.05. The second-order valence-corrected chi connectivity index (χ2v) is 5.88. The van der Waals surface area contributed by atoms with Gasteiger partial charge in [0.15, 0.2) is 0 Å². The summed E-state index contributed by atoms with van der Waals surface area (Å²) >= 11 is 1.59. The summed E-state index contributed by atoms with van der Waals surface area (Å²) in [6, 6.07) is 7.55. The largest absolute Gasteiger partial charge is 0.481 e. The summed E-state index contributed by atoms with van der Waals surface area (Å²) in [7, 11) is 0. The smallest absolute Gasteiger partial charge is 0.303 e. The van der Waals surface area contributed by atoms with Crippen LogP contribution in [0.5, 0.6) is 0 Å². The molecule has 2 N–H and O–H groups in total. The number of anilines is 1. The van der Waals surface area contributed by atoms with Gasteiger partial charge in [0.05, 0.1) is 0 Å². The Morgan fingerprint density at radius 1 is 1.18 bits per heavy atom. The number of nitrogens with one attached hydrogen (secondary N) is 1. The second-order valence-electron chi connectivity index (χ2n) is 5.02. The van der Waals surface area contributed by atoms with Gasteiger partial charge in [0.2, 0.25) is 5.91 Å². The second kappa shape index (κ2) is 7.70. The van der Waals surface area contributed by atoms with Gasteiger partial charge in [0.1, 0.15) is 5.01 Å². The summed E-state index contributed by atoms with van der Waals surface area (Å²) in [5.41, 5.74) is 2.76. The SMILES string of the molecule is Cc1csc(-c2ccc(NC(=O)CCCCC(=O)O)cc2)n1. The van der Waals surface area contributed by atoms with Gasteiger partial charge in [0, 0.05) is 35.2 Å². The highest BCUT2D eigenvalue weighted by Crippen LogP contribution is 2.24. The molecule has 2 aromatic rings. The number of carbonyl (C=O) groups excluding carboxylic acids is 1. The van der Waals surface area contributed by atoms with Crippen LogP contribution in [0.4, 0.5) is 5.69 Å². The molecule has 0 atom stereocenters. The summed E-state index contributed by atoms with van der Waals surface area (Å²) in [5, 5.41) is 14.3. The Bertz CT molecular complexity index is 650. The molecule has 0 aliphatic heterocycles. The molecule has 5 nitrogen and oxygen atoms in total. The van der Waals surface area contributed by atoms with Crippen molar-refractivity contribution >= 4 is 28.9 Å². The average molecular weight is 318 g/mol. The predicted octanol–water partition coefficient (Wildman–Crippen LogP) is 3.70. The van der Waals surface area contributed by atoms with E-state index in [0.29, 0.717) is 19.3 Å². The Morgan fingerprint density at radius 2 is 1.86 bits per heavy atom. The number of carboxylic acid groups (broad SMARTS) is 1. The van der Waals surface area contributed by atoms with E-state index in [9.17, 15) is 9.59 Å². The normalized spacial score (nSPS) is 10.4. The molecular formula is C16H18N2O3S. The van der Waals surface area contributed by atoms with E-state index in [0.717, 1.165) is 22.0 Å². The molecule has 6 heteroatoms. The van der Waals surface area contributed by atoms with Gasteiger partial charge in [-0.3, -0.25) is 9.59 Å². The van der Waals surface area contributed by atoms with Crippen molar-refractivity contribution in [3.8, 4) is 10.6 Å². The number of amides is 1. The minimum Gasteiger partial charge on any atom is -0.481 e. The van der Waals surface area contributed by atoms with Gasteiger partial charge < -0.3 is 10.4 Å². The van der Waals surface area contributed by atoms with E-state index in [2.05, 4.69) is 10.3 Å². The van der Waals surface area contributed by atoms with E-state index in [1.165, 1.54) is 0 Å². The van der Waals surface area contributed by atoms with E-state index in [-0.39, 0.29) is 12.3 Å². The quantitative estimate of drug-likeness (QED) is 0.763. The number of benzene rings is 1. The molecule has 1 aromatic heterocycles. The lowest BCUT2D eigenvalue weighted by atomic mass is 10.1. The highest BCUT2D eigenvalue weighted by atomic mass is 32.1. The molecule has 0 bridgehead atoms. The van der Waals surface area contributed by atoms with Crippen LogP contribution in [-0.2, 0) is 9.59 Å². The minimum absolute atomic E-state index is 0.0942. The van der Waals surface area contributed by atoms with Crippen molar-refractivity contribution in [1.29, 1.82) is 0 Å². The number of carboxylic acids is 1. The molecule has 2 rings (SSSR count). The summed E-state index contributed by atoms with van der Waals surface area (Å²) in [5.74, 6) is -0.920. The summed E-state index contributed by atoms with van der Waals surface area (Å²) < 4.78 is 0. The van der Waals surface area contributed by atoms with E-state index >= 15 is 0 Å². The van der Waals surface area contributed by atoms with Crippen molar-refractivity contribution in [1.82, 2.24) is 4.98 Å². The highest BCUT2D eigenvalue weighted by molar-refractivity contribution is 7.13. The van der Waals surface area contributed by atoms with Crippen molar-refractivity contribution in [2.75, 3.05) is 5.32 Å². The Hall–Kier alpha value is -2.21. The third-order valence-electron chi connectivity index (χ3n) is 3.08. The molecule has 1 amide bonds. The molecule has 22 heavy (non-hydrogen) atoms. The van der Waals surface area contributed by atoms with E-state index < -0.39 is 5.97 Å². The first-order chi connectivity index (χ1) is 10.5. The molecular weight excluding hydrogens is 300 g/mol. The van der Waals surface area contributed by atoms with Crippen molar-refractivity contribution in [3.05, 3.63) is 35.3 Å². The van der Waals surface area contributed by atoms with Crippen molar-refractivity contribution in [3.63, 3.8) is 0 Å². The van der Waals surface area contributed by atoms with Crippen LogP contribution in [0.25, 0.3) is 10.6 Å². The van der Waals surface area contributed by atoms with Crippen LogP contribution in [0.3, 0.4) is 0 Å². The number of aromatic nitrogens is 1. The first-order valence-electron chi connectivity index (χ1n) is 7.09. The third-order valence-corrected chi connectivity index (χ3v) is 4.09. The maximum Gasteiger partial charge on any atom is 0.303 e. The number of unbranched alkanes of at least 4 members (excludes halogenated alkanes) is 1. The minimum atomic E-state index is -0.826. The summed E-state index contributed by atoms with van der Waals surface area (Å²) in [6.45, 7) is 1.96. The number of rotatable bonds is 7. The lowest BCUT2D eigenvalue weighted by Crippen LogP contribution is -2.11. The monoisotopic (exact) mass is 318 g/mol. The van der Waals surface area contributed by atoms with E-state index in [4.69, 9.17) is 5.11 Å². The molecule has 0 spiro atoms. The maximum absolute atomic E-state index is 11.7. The zero-order valence-corrected chi connectivity index (χ0v) is 13.2. The molecule has 0 saturated carbocycles. The molecule has 0 fully saturated rings. The number of carbonyl (C=O) groups is 2. The van der Waals surface area contributed by atoms with Crippen LogP contribution in [0.2, 0.25) is 0 Å². The van der Waals surface area contributed by atoms with Crippen LogP contribution in [0, 0.1) is 6.92 Å². The lowest BCUT2D eigenvalue weighted by molar-refractivity contribution is -0.137. The first-order valence-corrected chi connectivity index (χ1v) is 7.97. The standard InChI is InChI=1S/C16H18N2O3S/c1-11-10-22-16(17-11)12-6-8-13(9-7-12)18-14(19)4-2-3-5-15(20)21/h6-10H,2-5H2,1H3,(H,18,19)(H,20,21). The van der Waals surface area contributed by atoms with Gasteiger partial charge in [-0.05, 0) is 44.0 Å². The Kier molecular flexibility index (Phi) is 5.66. The maximum atomic E-state index is 11.7. The highest BCUT2D eigenvalue weighted by Gasteiger charge is 2.05. The van der Waals surface area contributed by atoms with Crippen LogP contribution < -0.4 is 5.32 Å². The van der Waals surface area contributed by atoms with Crippen molar-refractivity contribution < 1.29 is 14.7 Å². The van der Waals surface area contributed by atoms with Gasteiger partial charge in [-0.1, -0.05) is 0 Å². The first kappa shape index (κ1) is 16.2. The third kappa shape index (κ3) is 4.96. The van der Waals surface area contributed by atoms with Gasteiger partial charge in [0.25, 0.3) is 0 Å². The summed E-state index contributed by atoms with van der Waals surface area (Å²) in [4.78, 5) is 26.5. The Labute approximate surface area is 133 Å².